The summed E-state index contributed by atoms with van der Waals surface area (Å²) in [4.78, 5) is 0. The van der Waals surface area contributed by atoms with Crippen LogP contribution in [-0.4, -0.2) is 35.6 Å². The number of ether oxygens (including phenoxy) is 2. The smallest absolute Gasteiger partial charge is 0.121 e. The number of rotatable bonds is 5. The molecular weight excluding hydrogens is 304 g/mol. The maximum atomic E-state index is 10.3. The van der Waals surface area contributed by atoms with Crippen LogP contribution in [0.3, 0.4) is 0 Å². The normalized spacial score (nSPS) is 21.8. The van der Waals surface area contributed by atoms with Crippen LogP contribution in [0.2, 0.25) is 0 Å². The number of hydrogen-bond donors (Lipinski definition) is 2. The fourth-order valence-corrected chi connectivity index (χ4v) is 3.21. The predicted octanol–water partition coefficient (Wildman–Crippen LogP) is 3.26. The van der Waals surface area contributed by atoms with Crippen molar-refractivity contribution in [1.29, 1.82) is 0 Å². The Morgan fingerprint density at radius 1 is 0.792 bits per heavy atom. The molecule has 2 heterocycles. The first kappa shape index (κ1) is 15.5. The van der Waals surface area contributed by atoms with E-state index in [1.807, 2.05) is 38.1 Å². The molecule has 126 valence electrons. The van der Waals surface area contributed by atoms with E-state index in [9.17, 15) is 10.2 Å². The number of phenolic OH excluding ortho intramolecular Hbond substituents is 2. The Morgan fingerprint density at radius 2 is 1.17 bits per heavy atom. The first-order valence-corrected chi connectivity index (χ1v) is 8.40. The fraction of sp³-hybridized carbons (Fsp3) is 0.400. The minimum Gasteiger partial charge on any atom is -0.507 e. The quantitative estimate of drug-likeness (QED) is 0.828. The number of benzene rings is 2. The Hall–Kier alpha value is -2.04. The van der Waals surface area contributed by atoms with Gasteiger partial charge in [0.2, 0.25) is 0 Å². The van der Waals surface area contributed by atoms with Crippen molar-refractivity contribution in [3.8, 4) is 22.6 Å². The molecule has 2 N–H and O–H groups in total. The predicted molar refractivity (Wildman–Crippen MR) is 91.6 cm³/mol. The van der Waals surface area contributed by atoms with Crippen LogP contribution in [0.25, 0.3) is 11.1 Å². The lowest BCUT2D eigenvalue weighted by atomic mass is 9.93. The van der Waals surface area contributed by atoms with Gasteiger partial charge in [-0.2, -0.15) is 0 Å². The second kappa shape index (κ2) is 5.80. The minimum atomic E-state index is 0.231. The maximum Gasteiger partial charge on any atom is 0.121 e. The van der Waals surface area contributed by atoms with Crippen molar-refractivity contribution in [2.45, 2.75) is 38.9 Å². The average Bonchev–Trinajstić information content (AvgIpc) is 3.44. The molecule has 2 unspecified atom stereocenters. The van der Waals surface area contributed by atoms with Gasteiger partial charge in [-0.25, -0.2) is 0 Å². The Bertz CT molecular complexity index is 721. The van der Waals surface area contributed by atoms with Crippen LogP contribution in [-0.2, 0) is 22.3 Å². The SMILES string of the molecule is Cc1cc(-c2cc(C)c(O)c(CC3CO3)c2)cc(CC2CO2)c1O. The summed E-state index contributed by atoms with van der Waals surface area (Å²) in [6.07, 6.45) is 1.94. The second-order valence-corrected chi connectivity index (χ2v) is 6.92. The van der Waals surface area contributed by atoms with Gasteiger partial charge in [0.1, 0.15) is 11.5 Å². The van der Waals surface area contributed by atoms with Crippen LogP contribution in [0.5, 0.6) is 11.5 Å². The molecule has 0 aliphatic carbocycles. The van der Waals surface area contributed by atoms with E-state index >= 15 is 0 Å². The molecule has 0 saturated carbocycles. The molecule has 2 aromatic rings. The molecule has 2 saturated heterocycles. The third kappa shape index (κ3) is 3.12. The van der Waals surface area contributed by atoms with E-state index in [2.05, 4.69) is 0 Å². The van der Waals surface area contributed by atoms with Crippen LogP contribution in [0.15, 0.2) is 24.3 Å². The lowest BCUT2D eigenvalue weighted by Crippen LogP contribution is -1.98. The van der Waals surface area contributed by atoms with Crippen LogP contribution in [0.4, 0.5) is 0 Å². The standard InChI is InChI=1S/C20H22O4/c1-11-3-13(5-15(19(11)21)7-17-9-23-17)14-4-12(2)20(22)16(6-14)8-18-10-24-18/h3-6,17-18,21-22H,7-10H2,1-2H3. The van der Waals surface area contributed by atoms with Gasteiger partial charge in [0, 0.05) is 12.8 Å². The summed E-state index contributed by atoms with van der Waals surface area (Å²) in [5.74, 6) is 0.715. The van der Waals surface area contributed by atoms with Crippen LogP contribution < -0.4 is 0 Å². The third-order valence-corrected chi connectivity index (χ3v) is 4.79. The maximum absolute atomic E-state index is 10.3. The van der Waals surface area contributed by atoms with Gasteiger partial charge in [0.15, 0.2) is 0 Å². The van der Waals surface area contributed by atoms with E-state index in [1.165, 1.54) is 0 Å². The molecule has 0 spiro atoms. The molecule has 2 aliphatic rings. The van der Waals surface area contributed by atoms with Gasteiger partial charge in [-0.3, -0.25) is 0 Å². The van der Waals surface area contributed by atoms with E-state index < -0.39 is 0 Å². The molecule has 0 aromatic heterocycles. The van der Waals surface area contributed by atoms with Crippen LogP contribution in [0, 0.1) is 13.8 Å². The number of aryl methyl sites for hydroxylation is 2. The summed E-state index contributed by atoms with van der Waals surface area (Å²) in [6.45, 7) is 5.38. The Kier molecular flexibility index (Phi) is 3.74. The van der Waals surface area contributed by atoms with Crippen LogP contribution >= 0.6 is 0 Å². The topological polar surface area (TPSA) is 65.5 Å². The number of aromatic hydroxyl groups is 2. The van der Waals surface area contributed by atoms with Crippen LogP contribution in [0.1, 0.15) is 22.3 Å². The van der Waals surface area contributed by atoms with Gasteiger partial charge in [-0.15, -0.1) is 0 Å². The van der Waals surface area contributed by atoms with Gasteiger partial charge in [0.05, 0.1) is 25.4 Å². The molecule has 0 radical (unpaired) electrons. The van der Waals surface area contributed by atoms with E-state index in [0.29, 0.717) is 11.5 Å². The van der Waals surface area contributed by atoms with Crippen molar-refractivity contribution in [3.05, 3.63) is 46.5 Å². The van der Waals surface area contributed by atoms with E-state index in [0.717, 1.165) is 59.4 Å². The lowest BCUT2D eigenvalue weighted by molar-refractivity contribution is 0.401. The Labute approximate surface area is 141 Å². The van der Waals surface area contributed by atoms with Crippen molar-refractivity contribution >= 4 is 0 Å². The molecule has 2 fully saturated rings. The van der Waals surface area contributed by atoms with Gasteiger partial charge in [-0.1, -0.05) is 0 Å². The highest BCUT2D eigenvalue weighted by molar-refractivity contribution is 5.70. The van der Waals surface area contributed by atoms with Gasteiger partial charge < -0.3 is 19.7 Å². The lowest BCUT2D eigenvalue weighted by Gasteiger charge is -2.14. The highest BCUT2D eigenvalue weighted by Crippen LogP contribution is 2.36. The zero-order valence-electron chi connectivity index (χ0n) is 14.0. The summed E-state index contributed by atoms with van der Waals surface area (Å²) in [5, 5.41) is 20.6. The average molecular weight is 326 g/mol. The van der Waals surface area contributed by atoms with Crippen molar-refractivity contribution in [1.82, 2.24) is 0 Å². The van der Waals surface area contributed by atoms with E-state index in [-0.39, 0.29) is 12.2 Å². The summed E-state index contributed by atoms with van der Waals surface area (Å²) < 4.78 is 10.6. The summed E-state index contributed by atoms with van der Waals surface area (Å²) >= 11 is 0. The molecule has 24 heavy (non-hydrogen) atoms. The largest absolute Gasteiger partial charge is 0.507 e. The number of epoxide rings is 2. The molecule has 0 amide bonds. The zero-order chi connectivity index (χ0) is 16.8. The molecule has 2 aromatic carbocycles. The number of hydrogen-bond acceptors (Lipinski definition) is 4. The van der Waals surface area contributed by atoms with E-state index in [4.69, 9.17) is 9.47 Å². The van der Waals surface area contributed by atoms with Crippen molar-refractivity contribution in [2.24, 2.45) is 0 Å². The summed E-state index contributed by atoms with van der Waals surface area (Å²) in [7, 11) is 0. The molecule has 2 atom stereocenters. The number of phenols is 2. The molecule has 4 nitrogen and oxygen atoms in total. The van der Waals surface area contributed by atoms with Gasteiger partial charge in [0.25, 0.3) is 0 Å². The second-order valence-electron chi connectivity index (χ2n) is 6.92. The third-order valence-electron chi connectivity index (χ3n) is 4.79. The van der Waals surface area contributed by atoms with E-state index in [1.54, 1.807) is 0 Å². The van der Waals surface area contributed by atoms with Crippen molar-refractivity contribution < 1.29 is 19.7 Å². The first-order chi connectivity index (χ1) is 11.5. The highest BCUT2D eigenvalue weighted by Gasteiger charge is 2.26. The van der Waals surface area contributed by atoms with Gasteiger partial charge in [-0.05, 0) is 71.5 Å². The summed E-state index contributed by atoms with van der Waals surface area (Å²) in [6, 6.07) is 8.06. The molecule has 4 rings (SSSR count). The molecule has 0 bridgehead atoms. The minimum absolute atomic E-state index is 0.231. The molecule has 2 aliphatic heterocycles. The summed E-state index contributed by atoms with van der Waals surface area (Å²) in [5.41, 5.74) is 5.68. The fourth-order valence-electron chi connectivity index (χ4n) is 3.21. The first-order valence-electron chi connectivity index (χ1n) is 8.40. The zero-order valence-corrected chi connectivity index (χ0v) is 14.0. The van der Waals surface area contributed by atoms with Gasteiger partial charge >= 0.3 is 0 Å². The highest BCUT2D eigenvalue weighted by atomic mass is 16.6. The van der Waals surface area contributed by atoms with Crippen molar-refractivity contribution in [2.75, 3.05) is 13.2 Å². The Balaban J connectivity index is 1.74. The molecule has 4 heteroatoms. The monoisotopic (exact) mass is 326 g/mol. The van der Waals surface area contributed by atoms with Crippen molar-refractivity contribution in [3.63, 3.8) is 0 Å². The molecular formula is C20H22O4. The Morgan fingerprint density at radius 3 is 1.50 bits per heavy atom.